The van der Waals surface area contributed by atoms with Crippen molar-refractivity contribution >= 4 is 22.4 Å². The van der Waals surface area contributed by atoms with E-state index in [9.17, 15) is 9.18 Å². The van der Waals surface area contributed by atoms with E-state index < -0.39 is 0 Å². The van der Waals surface area contributed by atoms with Crippen LogP contribution in [-0.4, -0.2) is 62.8 Å². The van der Waals surface area contributed by atoms with E-state index in [1.807, 2.05) is 24.3 Å². The van der Waals surface area contributed by atoms with E-state index in [0.717, 1.165) is 72.5 Å². The molecule has 194 valence electrons. The van der Waals surface area contributed by atoms with Crippen molar-refractivity contribution in [1.29, 1.82) is 0 Å². The summed E-state index contributed by atoms with van der Waals surface area (Å²) < 4.78 is 25.0. The monoisotopic (exact) mass is 503 g/mol. The number of carbonyl (C=O) groups is 1. The number of halogens is 1. The van der Waals surface area contributed by atoms with E-state index in [4.69, 9.17) is 9.47 Å². The molecule has 0 bridgehead atoms. The van der Waals surface area contributed by atoms with Gasteiger partial charge in [0.2, 0.25) is 5.91 Å². The third kappa shape index (κ3) is 5.52. The average molecular weight is 504 g/mol. The summed E-state index contributed by atoms with van der Waals surface area (Å²) in [5.41, 5.74) is 2.23. The highest BCUT2D eigenvalue weighted by Gasteiger charge is 2.30. The van der Waals surface area contributed by atoms with E-state index >= 15 is 0 Å². The van der Waals surface area contributed by atoms with Crippen LogP contribution in [0.1, 0.15) is 24.8 Å². The third-order valence-corrected chi connectivity index (χ3v) is 7.82. The van der Waals surface area contributed by atoms with Crippen LogP contribution < -0.4 is 19.7 Å². The first-order valence-electron chi connectivity index (χ1n) is 13.5. The van der Waals surface area contributed by atoms with Crippen LogP contribution in [0, 0.1) is 11.7 Å². The molecule has 6 rings (SSSR count). The molecule has 7 heteroatoms. The average Bonchev–Trinajstić information content (AvgIpc) is 3.61. The maximum atomic E-state index is 13.6. The number of carbonyl (C=O) groups excluding carboxylic acids is 1. The minimum absolute atomic E-state index is 0.0396. The molecule has 3 aliphatic heterocycles. The van der Waals surface area contributed by atoms with E-state index in [0.29, 0.717) is 19.8 Å². The highest BCUT2D eigenvalue weighted by atomic mass is 19.1. The quantitative estimate of drug-likeness (QED) is 0.518. The molecule has 6 nitrogen and oxygen atoms in total. The summed E-state index contributed by atoms with van der Waals surface area (Å²) in [5.74, 6) is 1.44. The van der Waals surface area contributed by atoms with E-state index in [2.05, 4.69) is 33.3 Å². The van der Waals surface area contributed by atoms with Crippen LogP contribution in [0.25, 0.3) is 10.8 Å². The Bertz CT molecular complexity index is 1280. The summed E-state index contributed by atoms with van der Waals surface area (Å²) in [6.07, 6.45) is 4.03. The van der Waals surface area contributed by atoms with Crippen molar-refractivity contribution in [2.45, 2.75) is 31.7 Å². The second-order valence-corrected chi connectivity index (χ2v) is 10.5. The van der Waals surface area contributed by atoms with E-state index in [1.165, 1.54) is 18.9 Å². The molecule has 0 spiro atoms. The topological polar surface area (TPSA) is 54.0 Å². The zero-order chi connectivity index (χ0) is 25.2. The summed E-state index contributed by atoms with van der Waals surface area (Å²) in [6.45, 7) is 5.72. The molecule has 0 saturated carbocycles. The van der Waals surface area contributed by atoms with Crippen molar-refractivity contribution in [3.8, 4) is 11.5 Å². The Morgan fingerprint density at radius 2 is 1.73 bits per heavy atom. The number of anilines is 1. The highest BCUT2D eigenvalue weighted by molar-refractivity contribution is 5.86. The Hall–Kier alpha value is -3.32. The lowest BCUT2D eigenvalue weighted by Crippen LogP contribution is -2.46. The molecule has 3 aliphatic rings. The number of hydrogen-bond donors (Lipinski definition) is 1. The number of ether oxygens (including phenoxy) is 2. The second kappa shape index (κ2) is 10.6. The summed E-state index contributed by atoms with van der Waals surface area (Å²) in [7, 11) is 0. The predicted molar refractivity (Wildman–Crippen MR) is 143 cm³/mol. The standard InChI is InChI=1S/C30H34FN3O3/c31-25-6-4-23-18-27(7-5-22(23)17-25)34-12-9-24(19-34)30(35)32-26(20-33-10-1-2-11-33)15-21-3-8-28-29(16-21)37-14-13-36-28/h3-8,16-18,24,26H,1-2,9-15,19-20H2,(H,32,35). The van der Waals surface area contributed by atoms with Crippen LogP contribution in [0.5, 0.6) is 11.5 Å². The Morgan fingerprint density at radius 3 is 2.59 bits per heavy atom. The van der Waals surface area contributed by atoms with Gasteiger partial charge in [-0.25, -0.2) is 4.39 Å². The zero-order valence-corrected chi connectivity index (χ0v) is 21.1. The smallest absolute Gasteiger partial charge is 0.225 e. The van der Waals surface area contributed by atoms with Crippen molar-refractivity contribution in [3.63, 3.8) is 0 Å². The number of fused-ring (bicyclic) bond motifs is 2. The van der Waals surface area contributed by atoms with Crippen molar-refractivity contribution in [2.24, 2.45) is 5.92 Å². The minimum Gasteiger partial charge on any atom is -0.486 e. The van der Waals surface area contributed by atoms with Crippen molar-refractivity contribution in [3.05, 3.63) is 66.0 Å². The second-order valence-electron chi connectivity index (χ2n) is 10.5. The lowest BCUT2D eigenvalue weighted by Gasteiger charge is -2.27. The Morgan fingerprint density at radius 1 is 0.946 bits per heavy atom. The minimum atomic E-state index is -0.224. The van der Waals surface area contributed by atoms with E-state index in [-0.39, 0.29) is 23.7 Å². The highest BCUT2D eigenvalue weighted by Crippen LogP contribution is 2.32. The molecule has 2 saturated heterocycles. The van der Waals surface area contributed by atoms with Crippen LogP contribution in [0.4, 0.5) is 10.1 Å². The predicted octanol–water partition coefficient (Wildman–Crippen LogP) is 4.40. The fraction of sp³-hybridized carbons (Fsp3) is 0.433. The Labute approximate surface area is 217 Å². The van der Waals surface area contributed by atoms with Crippen molar-refractivity contribution in [1.82, 2.24) is 10.2 Å². The van der Waals surface area contributed by atoms with Gasteiger partial charge in [-0.05, 0) is 91.5 Å². The van der Waals surface area contributed by atoms with Gasteiger partial charge in [0.1, 0.15) is 19.0 Å². The van der Waals surface area contributed by atoms with Gasteiger partial charge >= 0.3 is 0 Å². The van der Waals surface area contributed by atoms with Gasteiger partial charge in [-0.1, -0.05) is 18.2 Å². The van der Waals surface area contributed by atoms with Crippen LogP contribution >= 0.6 is 0 Å². The van der Waals surface area contributed by atoms with Crippen molar-refractivity contribution < 1.29 is 18.7 Å². The van der Waals surface area contributed by atoms with Gasteiger partial charge in [0.15, 0.2) is 11.5 Å². The van der Waals surface area contributed by atoms with Gasteiger partial charge in [-0.2, -0.15) is 0 Å². The van der Waals surface area contributed by atoms with Gasteiger partial charge < -0.3 is 24.6 Å². The third-order valence-electron chi connectivity index (χ3n) is 7.82. The molecule has 2 unspecified atom stereocenters. The maximum absolute atomic E-state index is 13.6. The molecular weight excluding hydrogens is 469 g/mol. The fourth-order valence-corrected chi connectivity index (χ4v) is 5.87. The SMILES string of the molecule is O=C(NC(Cc1ccc2c(c1)OCCO2)CN1CCCC1)C1CCN(c2ccc3cc(F)ccc3c2)C1. The number of rotatable bonds is 7. The molecule has 2 fully saturated rings. The molecule has 1 amide bonds. The number of benzene rings is 3. The molecule has 0 aromatic heterocycles. The number of nitrogens with one attached hydrogen (secondary N) is 1. The normalized spacial score (nSPS) is 20.4. The van der Waals surface area contributed by atoms with Crippen LogP contribution in [0.2, 0.25) is 0 Å². The molecule has 2 atom stereocenters. The van der Waals surface area contributed by atoms with Crippen LogP contribution in [0.15, 0.2) is 54.6 Å². The molecule has 0 radical (unpaired) electrons. The molecule has 3 aromatic carbocycles. The number of hydrogen-bond acceptors (Lipinski definition) is 5. The molecular formula is C30H34FN3O3. The first kappa shape index (κ1) is 24.0. The summed E-state index contributed by atoms with van der Waals surface area (Å²) in [5, 5.41) is 5.30. The fourth-order valence-electron chi connectivity index (χ4n) is 5.87. The molecule has 37 heavy (non-hydrogen) atoms. The molecule has 3 heterocycles. The van der Waals surface area contributed by atoms with Crippen LogP contribution in [-0.2, 0) is 11.2 Å². The van der Waals surface area contributed by atoms with Gasteiger partial charge in [0, 0.05) is 31.4 Å². The lowest BCUT2D eigenvalue weighted by molar-refractivity contribution is -0.125. The largest absolute Gasteiger partial charge is 0.486 e. The van der Waals surface area contributed by atoms with Gasteiger partial charge in [-0.3, -0.25) is 4.79 Å². The zero-order valence-electron chi connectivity index (χ0n) is 21.1. The lowest BCUT2D eigenvalue weighted by atomic mass is 10.0. The van der Waals surface area contributed by atoms with Crippen molar-refractivity contribution in [2.75, 3.05) is 50.8 Å². The van der Waals surface area contributed by atoms with Crippen LogP contribution in [0.3, 0.4) is 0 Å². The van der Waals surface area contributed by atoms with Gasteiger partial charge in [-0.15, -0.1) is 0 Å². The van der Waals surface area contributed by atoms with Gasteiger partial charge in [0.25, 0.3) is 0 Å². The number of amides is 1. The summed E-state index contributed by atoms with van der Waals surface area (Å²) >= 11 is 0. The first-order chi connectivity index (χ1) is 18.1. The molecule has 0 aliphatic carbocycles. The first-order valence-corrected chi connectivity index (χ1v) is 13.5. The summed E-state index contributed by atoms with van der Waals surface area (Å²) in [4.78, 5) is 18.2. The maximum Gasteiger partial charge on any atom is 0.225 e. The summed E-state index contributed by atoms with van der Waals surface area (Å²) in [6, 6.07) is 17.1. The van der Waals surface area contributed by atoms with E-state index in [1.54, 1.807) is 6.07 Å². The number of nitrogens with zero attached hydrogens (tertiary/aromatic N) is 2. The molecule has 3 aromatic rings. The molecule has 1 N–H and O–H groups in total. The van der Waals surface area contributed by atoms with Gasteiger partial charge in [0.05, 0.1) is 5.92 Å². The Balaban J connectivity index is 1.12. The number of likely N-dealkylation sites (tertiary alicyclic amines) is 1. The Kier molecular flexibility index (Phi) is 6.87.